The molecule has 1 unspecified atom stereocenters. The lowest BCUT2D eigenvalue weighted by Gasteiger charge is -2.25. The average molecular weight is 351 g/mol. The van der Waals surface area contributed by atoms with Gasteiger partial charge in [0, 0.05) is 42.1 Å². The zero-order valence-electron chi connectivity index (χ0n) is 13.5. The number of nitrogens with one attached hydrogen (secondary N) is 1. The lowest BCUT2D eigenvalue weighted by Crippen LogP contribution is -2.31. The van der Waals surface area contributed by atoms with Gasteiger partial charge < -0.3 is 15.2 Å². The van der Waals surface area contributed by atoms with E-state index in [0.29, 0.717) is 21.8 Å². The maximum Gasteiger partial charge on any atom is 0.269 e. The van der Waals surface area contributed by atoms with Crippen molar-refractivity contribution in [1.82, 2.24) is 0 Å². The highest BCUT2D eigenvalue weighted by atomic mass is 35.5. The van der Waals surface area contributed by atoms with Gasteiger partial charge >= 0.3 is 0 Å². The molecule has 7 heteroatoms. The Labute approximate surface area is 145 Å². The first kappa shape index (κ1) is 18.2. The van der Waals surface area contributed by atoms with E-state index in [4.69, 9.17) is 16.3 Å². The van der Waals surface area contributed by atoms with Crippen LogP contribution in [0.2, 0.25) is 5.02 Å². The molecule has 0 aliphatic heterocycles. The Morgan fingerprint density at radius 2 is 2.08 bits per heavy atom. The Morgan fingerprint density at radius 1 is 1.33 bits per heavy atom. The van der Waals surface area contributed by atoms with E-state index in [1.54, 1.807) is 37.3 Å². The van der Waals surface area contributed by atoms with Crippen LogP contribution in [0.15, 0.2) is 42.5 Å². The van der Waals surface area contributed by atoms with Gasteiger partial charge in [0.25, 0.3) is 5.69 Å². The van der Waals surface area contributed by atoms with Crippen molar-refractivity contribution in [2.75, 3.05) is 19.0 Å². The first-order valence-corrected chi connectivity index (χ1v) is 7.70. The molecule has 0 amide bonds. The highest BCUT2D eigenvalue weighted by Crippen LogP contribution is 2.27. The standard InChI is InChI=1S/C17H19ClN2O4/c1-17(21,13-4-3-5-14(18)9-13)11-19-16-7-6-15(20(22)23)8-12(16)10-24-2/h3-9,19,21H,10-11H2,1-2H3. The van der Waals surface area contributed by atoms with Crippen LogP contribution in [-0.4, -0.2) is 23.7 Å². The molecule has 2 N–H and O–H groups in total. The summed E-state index contributed by atoms with van der Waals surface area (Å²) < 4.78 is 5.09. The van der Waals surface area contributed by atoms with E-state index in [1.165, 1.54) is 19.2 Å². The molecule has 2 rings (SSSR count). The predicted molar refractivity (Wildman–Crippen MR) is 93.3 cm³/mol. The lowest BCUT2D eigenvalue weighted by atomic mass is 9.96. The number of hydrogen-bond donors (Lipinski definition) is 2. The Bertz CT molecular complexity index is 734. The number of ether oxygens (including phenoxy) is 1. The first-order chi connectivity index (χ1) is 11.3. The number of halogens is 1. The molecule has 0 aromatic heterocycles. The van der Waals surface area contributed by atoms with E-state index < -0.39 is 10.5 Å². The molecule has 2 aromatic carbocycles. The minimum atomic E-state index is -1.16. The van der Waals surface area contributed by atoms with Crippen LogP contribution in [0.3, 0.4) is 0 Å². The molecule has 128 valence electrons. The molecule has 0 fully saturated rings. The maximum absolute atomic E-state index is 10.9. The predicted octanol–water partition coefficient (Wildman–Crippen LogP) is 3.71. The average Bonchev–Trinajstić information content (AvgIpc) is 2.54. The highest BCUT2D eigenvalue weighted by molar-refractivity contribution is 6.30. The normalized spacial score (nSPS) is 13.3. The van der Waals surface area contributed by atoms with E-state index >= 15 is 0 Å². The van der Waals surface area contributed by atoms with Crippen LogP contribution in [0.25, 0.3) is 0 Å². The van der Waals surface area contributed by atoms with Crippen LogP contribution < -0.4 is 5.32 Å². The molecule has 24 heavy (non-hydrogen) atoms. The van der Waals surface area contributed by atoms with Gasteiger partial charge in [-0.25, -0.2) is 0 Å². The quantitative estimate of drug-likeness (QED) is 0.587. The van der Waals surface area contributed by atoms with Gasteiger partial charge in [0.2, 0.25) is 0 Å². The second kappa shape index (κ2) is 7.61. The maximum atomic E-state index is 10.9. The van der Waals surface area contributed by atoms with Crippen LogP contribution in [-0.2, 0) is 16.9 Å². The summed E-state index contributed by atoms with van der Waals surface area (Å²) in [7, 11) is 1.52. The summed E-state index contributed by atoms with van der Waals surface area (Å²) >= 11 is 5.97. The van der Waals surface area contributed by atoms with Gasteiger partial charge in [-0.2, -0.15) is 0 Å². The van der Waals surface area contributed by atoms with Crippen molar-refractivity contribution in [2.24, 2.45) is 0 Å². The lowest BCUT2D eigenvalue weighted by molar-refractivity contribution is -0.384. The molecule has 0 saturated heterocycles. The van der Waals surface area contributed by atoms with Crippen LogP contribution in [0.1, 0.15) is 18.1 Å². The van der Waals surface area contributed by atoms with Crippen LogP contribution in [0.4, 0.5) is 11.4 Å². The molecule has 0 aliphatic carbocycles. The Hall–Kier alpha value is -2.15. The van der Waals surface area contributed by atoms with Gasteiger partial charge in [-0.15, -0.1) is 0 Å². The van der Waals surface area contributed by atoms with Crippen LogP contribution in [0, 0.1) is 10.1 Å². The topological polar surface area (TPSA) is 84.6 Å². The molecule has 0 spiro atoms. The SMILES string of the molecule is COCc1cc([N+](=O)[O-])ccc1NCC(C)(O)c1cccc(Cl)c1. The van der Waals surface area contributed by atoms with Crippen molar-refractivity contribution >= 4 is 23.0 Å². The number of methoxy groups -OCH3 is 1. The van der Waals surface area contributed by atoms with E-state index in [9.17, 15) is 15.2 Å². The van der Waals surface area contributed by atoms with Crippen molar-refractivity contribution < 1.29 is 14.8 Å². The highest BCUT2D eigenvalue weighted by Gasteiger charge is 2.23. The molecule has 0 radical (unpaired) electrons. The number of nitro groups is 1. The molecule has 0 heterocycles. The summed E-state index contributed by atoms with van der Waals surface area (Å²) in [4.78, 5) is 10.4. The number of aliphatic hydroxyl groups is 1. The molecule has 0 aliphatic rings. The summed E-state index contributed by atoms with van der Waals surface area (Å²) in [5.41, 5.74) is 0.835. The van der Waals surface area contributed by atoms with Gasteiger partial charge in [-0.05, 0) is 30.7 Å². The van der Waals surface area contributed by atoms with Gasteiger partial charge in [0.05, 0.1) is 11.5 Å². The van der Waals surface area contributed by atoms with Gasteiger partial charge in [0.1, 0.15) is 5.60 Å². The monoisotopic (exact) mass is 350 g/mol. The summed E-state index contributed by atoms with van der Waals surface area (Å²) in [6.07, 6.45) is 0. The zero-order valence-corrected chi connectivity index (χ0v) is 14.2. The summed E-state index contributed by atoms with van der Waals surface area (Å²) in [5, 5.41) is 25.2. The van der Waals surface area contributed by atoms with Crippen molar-refractivity contribution in [3.05, 3.63) is 68.7 Å². The minimum absolute atomic E-state index is 0.00537. The molecular formula is C17H19ClN2O4. The third-order valence-electron chi connectivity index (χ3n) is 3.67. The fourth-order valence-corrected chi connectivity index (χ4v) is 2.52. The molecule has 1 atom stereocenters. The third-order valence-corrected chi connectivity index (χ3v) is 3.90. The summed E-state index contributed by atoms with van der Waals surface area (Å²) in [6.45, 7) is 2.11. The van der Waals surface area contributed by atoms with E-state index in [1.807, 2.05) is 0 Å². The number of benzene rings is 2. The molecular weight excluding hydrogens is 332 g/mol. The Kier molecular flexibility index (Phi) is 5.77. The van der Waals surface area contributed by atoms with Crippen molar-refractivity contribution in [2.45, 2.75) is 19.1 Å². The summed E-state index contributed by atoms with van der Waals surface area (Å²) in [6, 6.07) is 11.5. The first-order valence-electron chi connectivity index (χ1n) is 7.32. The third kappa shape index (κ3) is 4.44. The second-order valence-electron chi connectivity index (χ2n) is 5.67. The number of anilines is 1. The Morgan fingerprint density at radius 3 is 2.71 bits per heavy atom. The number of hydrogen-bond acceptors (Lipinski definition) is 5. The van der Waals surface area contributed by atoms with Crippen molar-refractivity contribution in [3.63, 3.8) is 0 Å². The van der Waals surface area contributed by atoms with E-state index in [2.05, 4.69) is 5.32 Å². The van der Waals surface area contributed by atoms with Crippen molar-refractivity contribution in [3.8, 4) is 0 Å². The fourth-order valence-electron chi connectivity index (χ4n) is 2.33. The smallest absolute Gasteiger partial charge is 0.269 e. The molecule has 2 aromatic rings. The largest absolute Gasteiger partial charge is 0.384 e. The molecule has 0 saturated carbocycles. The van der Waals surface area contributed by atoms with E-state index in [0.717, 1.165) is 0 Å². The van der Waals surface area contributed by atoms with Gasteiger partial charge in [-0.1, -0.05) is 23.7 Å². The second-order valence-corrected chi connectivity index (χ2v) is 6.11. The Balaban J connectivity index is 2.19. The summed E-state index contributed by atoms with van der Waals surface area (Å²) in [5.74, 6) is 0. The van der Waals surface area contributed by atoms with E-state index in [-0.39, 0.29) is 18.8 Å². The van der Waals surface area contributed by atoms with Gasteiger partial charge in [-0.3, -0.25) is 10.1 Å². The zero-order chi connectivity index (χ0) is 17.7. The molecule has 6 nitrogen and oxygen atoms in total. The minimum Gasteiger partial charge on any atom is -0.384 e. The number of nitro benzene ring substituents is 1. The number of non-ortho nitro benzene ring substituents is 1. The fraction of sp³-hybridized carbons (Fsp3) is 0.294. The molecule has 0 bridgehead atoms. The van der Waals surface area contributed by atoms with Crippen molar-refractivity contribution in [1.29, 1.82) is 0 Å². The van der Waals surface area contributed by atoms with Gasteiger partial charge in [0.15, 0.2) is 0 Å². The number of rotatable bonds is 7. The van der Waals surface area contributed by atoms with Crippen LogP contribution in [0.5, 0.6) is 0 Å². The number of nitrogens with zero attached hydrogens (tertiary/aromatic N) is 1. The van der Waals surface area contributed by atoms with Crippen LogP contribution >= 0.6 is 11.6 Å².